The van der Waals surface area contributed by atoms with Crippen molar-refractivity contribution >= 4 is 20.6 Å². The Bertz CT molecular complexity index is 869. The van der Waals surface area contributed by atoms with Gasteiger partial charge in [0.2, 0.25) is 9.84 Å². The van der Waals surface area contributed by atoms with Crippen molar-refractivity contribution in [3.05, 3.63) is 66.6 Å². The lowest BCUT2D eigenvalue weighted by Gasteiger charge is -2.07. The molecule has 0 saturated carbocycles. The molecular weight excluding hydrogens is 277 g/mol. The highest BCUT2D eigenvalue weighted by atomic mass is 32.2. The summed E-state index contributed by atoms with van der Waals surface area (Å²) < 4.78 is 38.1. The molecule has 2 aromatic carbocycles. The van der Waals surface area contributed by atoms with Gasteiger partial charge in [-0.1, -0.05) is 24.3 Å². The van der Waals surface area contributed by atoms with Crippen LogP contribution in [0.2, 0.25) is 0 Å². The first-order valence-corrected chi connectivity index (χ1v) is 7.42. The lowest BCUT2D eigenvalue weighted by Crippen LogP contribution is -2.05. The van der Waals surface area contributed by atoms with Crippen molar-refractivity contribution < 1.29 is 12.8 Å². The van der Waals surface area contributed by atoms with E-state index in [1.54, 1.807) is 18.2 Å². The summed E-state index contributed by atoms with van der Waals surface area (Å²) in [5, 5.41) is 1.34. The van der Waals surface area contributed by atoms with Gasteiger partial charge in [-0.05, 0) is 35.7 Å². The van der Waals surface area contributed by atoms with Gasteiger partial charge in [0.1, 0.15) is 5.82 Å². The number of benzene rings is 2. The number of halogens is 1. The van der Waals surface area contributed by atoms with E-state index in [1.807, 2.05) is 12.1 Å². The number of aromatic nitrogens is 1. The second kappa shape index (κ2) is 4.68. The summed E-state index contributed by atoms with van der Waals surface area (Å²) in [6.45, 7) is 0. The molecule has 0 aliphatic carbocycles. The van der Waals surface area contributed by atoms with E-state index in [0.717, 1.165) is 17.5 Å². The van der Waals surface area contributed by atoms with E-state index < -0.39 is 15.7 Å². The SMILES string of the molecule is O=S(=O)(c1ccc(F)cc1)c1nccc2ccccc12. The molecule has 0 bridgehead atoms. The first kappa shape index (κ1) is 12.7. The molecule has 5 heteroatoms. The van der Waals surface area contributed by atoms with Crippen molar-refractivity contribution in [1.29, 1.82) is 0 Å². The molecule has 0 amide bonds. The number of hydrogen-bond donors (Lipinski definition) is 0. The summed E-state index contributed by atoms with van der Waals surface area (Å²) in [6, 6.07) is 13.6. The lowest BCUT2D eigenvalue weighted by atomic mass is 10.2. The molecule has 0 spiro atoms. The molecule has 0 atom stereocenters. The predicted molar refractivity (Wildman–Crippen MR) is 73.6 cm³/mol. The van der Waals surface area contributed by atoms with Gasteiger partial charge in [0.25, 0.3) is 0 Å². The molecule has 0 unspecified atom stereocenters. The van der Waals surface area contributed by atoms with Crippen LogP contribution in [0.15, 0.2) is 70.7 Å². The van der Waals surface area contributed by atoms with E-state index in [2.05, 4.69) is 4.98 Å². The van der Waals surface area contributed by atoms with E-state index in [9.17, 15) is 12.8 Å². The first-order valence-electron chi connectivity index (χ1n) is 5.93. The van der Waals surface area contributed by atoms with Gasteiger partial charge in [-0.25, -0.2) is 17.8 Å². The second-order valence-corrected chi connectivity index (χ2v) is 6.16. The van der Waals surface area contributed by atoms with Gasteiger partial charge in [-0.3, -0.25) is 0 Å². The van der Waals surface area contributed by atoms with Crippen molar-refractivity contribution in [3.8, 4) is 0 Å². The lowest BCUT2D eigenvalue weighted by molar-refractivity contribution is 0.592. The number of nitrogens with zero attached hydrogens (tertiary/aromatic N) is 1. The molecule has 100 valence electrons. The Morgan fingerprint density at radius 3 is 2.35 bits per heavy atom. The third-order valence-corrected chi connectivity index (χ3v) is 4.74. The molecule has 0 radical (unpaired) electrons. The van der Waals surface area contributed by atoms with Gasteiger partial charge in [0.05, 0.1) is 4.90 Å². The smallest absolute Gasteiger partial charge is 0.224 e. The number of sulfone groups is 1. The third kappa shape index (κ3) is 2.06. The fraction of sp³-hybridized carbons (Fsp3) is 0. The maximum atomic E-state index is 12.9. The van der Waals surface area contributed by atoms with Crippen molar-refractivity contribution in [2.45, 2.75) is 9.92 Å². The molecule has 0 N–H and O–H groups in total. The molecule has 3 aromatic rings. The van der Waals surface area contributed by atoms with Crippen LogP contribution in [0.4, 0.5) is 4.39 Å². The van der Waals surface area contributed by atoms with Crippen molar-refractivity contribution in [2.24, 2.45) is 0 Å². The van der Waals surface area contributed by atoms with Crippen LogP contribution in [0.3, 0.4) is 0 Å². The minimum absolute atomic E-state index is 0.0118. The largest absolute Gasteiger partial charge is 0.244 e. The Labute approximate surface area is 115 Å². The molecule has 0 fully saturated rings. The number of pyridine rings is 1. The monoisotopic (exact) mass is 287 g/mol. The van der Waals surface area contributed by atoms with Crippen LogP contribution in [-0.4, -0.2) is 13.4 Å². The normalized spacial score (nSPS) is 11.7. The maximum absolute atomic E-state index is 12.9. The molecule has 3 nitrogen and oxygen atoms in total. The fourth-order valence-electron chi connectivity index (χ4n) is 2.03. The van der Waals surface area contributed by atoms with E-state index in [1.165, 1.54) is 18.3 Å². The van der Waals surface area contributed by atoms with Crippen molar-refractivity contribution in [3.63, 3.8) is 0 Å². The molecule has 0 aliphatic heterocycles. The Kier molecular flexibility index (Phi) is 2.99. The summed E-state index contributed by atoms with van der Waals surface area (Å²) in [7, 11) is -3.76. The molecule has 20 heavy (non-hydrogen) atoms. The minimum atomic E-state index is -3.76. The molecule has 0 saturated heterocycles. The number of rotatable bonds is 2. The highest BCUT2D eigenvalue weighted by molar-refractivity contribution is 7.91. The minimum Gasteiger partial charge on any atom is -0.244 e. The summed E-state index contributed by atoms with van der Waals surface area (Å²) in [5.74, 6) is -0.477. The van der Waals surface area contributed by atoms with Crippen molar-refractivity contribution in [1.82, 2.24) is 4.98 Å². The topological polar surface area (TPSA) is 47.0 Å². The molecule has 1 aromatic heterocycles. The summed E-state index contributed by atoms with van der Waals surface area (Å²) in [5.41, 5.74) is 0. The third-order valence-electron chi connectivity index (χ3n) is 3.02. The van der Waals surface area contributed by atoms with E-state index in [4.69, 9.17) is 0 Å². The zero-order valence-corrected chi connectivity index (χ0v) is 11.1. The fourth-order valence-corrected chi connectivity index (χ4v) is 3.42. The maximum Gasteiger partial charge on any atom is 0.224 e. The van der Waals surface area contributed by atoms with E-state index in [0.29, 0.717) is 5.39 Å². The van der Waals surface area contributed by atoms with Crippen LogP contribution in [-0.2, 0) is 9.84 Å². The highest BCUT2D eigenvalue weighted by Gasteiger charge is 2.21. The molecular formula is C15H10FNO2S. The standard InChI is InChI=1S/C15H10FNO2S/c16-12-5-7-13(8-6-12)20(18,19)15-14-4-2-1-3-11(14)9-10-17-15/h1-10H. The quantitative estimate of drug-likeness (QED) is 0.680. The van der Waals surface area contributed by atoms with Gasteiger partial charge in [-0.15, -0.1) is 0 Å². The van der Waals surface area contributed by atoms with Crippen LogP contribution in [0, 0.1) is 5.82 Å². The zero-order chi connectivity index (χ0) is 14.2. The molecule has 1 heterocycles. The van der Waals surface area contributed by atoms with Crippen LogP contribution >= 0.6 is 0 Å². The van der Waals surface area contributed by atoms with Crippen LogP contribution < -0.4 is 0 Å². The van der Waals surface area contributed by atoms with Gasteiger partial charge in [0, 0.05) is 11.6 Å². The predicted octanol–water partition coefficient (Wildman–Crippen LogP) is 3.21. The van der Waals surface area contributed by atoms with E-state index in [-0.39, 0.29) is 9.92 Å². The Balaban J connectivity index is 2.27. The van der Waals surface area contributed by atoms with Crippen molar-refractivity contribution in [2.75, 3.05) is 0 Å². The van der Waals surface area contributed by atoms with Crippen LogP contribution in [0.25, 0.3) is 10.8 Å². The molecule has 0 aliphatic rings. The van der Waals surface area contributed by atoms with Gasteiger partial charge < -0.3 is 0 Å². The zero-order valence-electron chi connectivity index (χ0n) is 10.3. The molecule has 3 rings (SSSR count). The number of hydrogen-bond acceptors (Lipinski definition) is 3. The van der Waals surface area contributed by atoms with Gasteiger partial charge in [-0.2, -0.15) is 0 Å². The second-order valence-electron chi connectivity index (χ2n) is 4.29. The Hall–Kier alpha value is -2.27. The van der Waals surface area contributed by atoms with Crippen LogP contribution in [0.1, 0.15) is 0 Å². The average molecular weight is 287 g/mol. The summed E-state index contributed by atoms with van der Waals surface area (Å²) in [6.07, 6.45) is 1.46. The Morgan fingerprint density at radius 1 is 0.900 bits per heavy atom. The summed E-state index contributed by atoms with van der Waals surface area (Å²) in [4.78, 5) is 4.03. The summed E-state index contributed by atoms with van der Waals surface area (Å²) >= 11 is 0. The van der Waals surface area contributed by atoms with Gasteiger partial charge >= 0.3 is 0 Å². The number of fused-ring (bicyclic) bond motifs is 1. The van der Waals surface area contributed by atoms with Crippen LogP contribution in [0.5, 0.6) is 0 Å². The Morgan fingerprint density at radius 2 is 1.60 bits per heavy atom. The first-order chi connectivity index (χ1) is 9.59. The van der Waals surface area contributed by atoms with Gasteiger partial charge in [0.15, 0.2) is 5.03 Å². The van der Waals surface area contributed by atoms with E-state index >= 15 is 0 Å². The highest BCUT2D eigenvalue weighted by Crippen LogP contribution is 2.26. The average Bonchev–Trinajstić information content (AvgIpc) is 2.47.